The largest absolute Gasteiger partial charge is 0.456 e. The van der Waals surface area contributed by atoms with Gasteiger partial charge in [-0.15, -0.1) is 0 Å². The van der Waals surface area contributed by atoms with Gasteiger partial charge in [-0.25, -0.2) is 15.0 Å². The summed E-state index contributed by atoms with van der Waals surface area (Å²) in [5, 5.41) is 4.55. The van der Waals surface area contributed by atoms with Gasteiger partial charge in [0.2, 0.25) is 0 Å². The first-order chi connectivity index (χ1) is 29.2. The van der Waals surface area contributed by atoms with Crippen LogP contribution in [0.5, 0.6) is 0 Å². The zero-order chi connectivity index (χ0) is 39.1. The second-order valence-corrected chi connectivity index (χ2v) is 14.8. The molecule has 0 saturated heterocycles. The van der Waals surface area contributed by atoms with Gasteiger partial charge in [-0.3, -0.25) is 0 Å². The van der Waals surface area contributed by atoms with Crippen molar-refractivity contribution in [2.45, 2.75) is 0 Å². The molecule has 0 unspecified atom stereocenters. The second-order valence-electron chi connectivity index (χ2n) is 14.8. The summed E-state index contributed by atoms with van der Waals surface area (Å²) < 4.78 is 6.34. The van der Waals surface area contributed by atoms with Crippen LogP contribution in [0.4, 0.5) is 0 Å². The third kappa shape index (κ3) is 6.43. The van der Waals surface area contributed by atoms with Crippen molar-refractivity contribution in [3.63, 3.8) is 0 Å². The molecule has 0 saturated carbocycles. The van der Waals surface area contributed by atoms with Crippen molar-refractivity contribution in [3.05, 3.63) is 212 Å². The average molecular weight is 754 g/mol. The summed E-state index contributed by atoms with van der Waals surface area (Å²) in [4.78, 5) is 15.6. The van der Waals surface area contributed by atoms with E-state index in [9.17, 15) is 0 Å². The molecule has 2 heterocycles. The minimum atomic E-state index is 0.596. The highest BCUT2D eigenvalue weighted by Crippen LogP contribution is 2.41. The monoisotopic (exact) mass is 753 g/mol. The fourth-order valence-electron chi connectivity index (χ4n) is 8.25. The van der Waals surface area contributed by atoms with Crippen LogP contribution in [0.25, 0.3) is 111 Å². The molecule has 0 bridgehead atoms. The Kier molecular flexibility index (Phi) is 8.45. The Morgan fingerprint density at radius 1 is 0.271 bits per heavy atom. The number of aromatic nitrogens is 3. The van der Waals surface area contributed by atoms with Gasteiger partial charge in [-0.2, -0.15) is 0 Å². The van der Waals surface area contributed by atoms with Crippen LogP contribution < -0.4 is 0 Å². The summed E-state index contributed by atoms with van der Waals surface area (Å²) in [6.07, 6.45) is 0. The number of nitrogens with zero attached hydrogens (tertiary/aromatic N) is 3. The molecule has 0 fully saturated rings. The van der Waals surface area contributed by atoms with Gasteiger partial charge in [-0.05, 0) is 104 Å². The van der Waals surface area contributed by atoms with Gasteiger partial charge in [0.15, 0.2) is 17.5 Å². The van der Waals surface area contributed by atoms with Crippen LogP contribution in [-0.4, -0.2) is 15.0 Å². The van der Waals surface area contributed by atoms with E-state index in [-0.39, 0.29) is 0 Å². The van der Waals surface area contributed by atoms with Crippen molar-refractivity contribution in [3.8, 4) is 78.7 Å². The van der Waals surface area contributed by atoms with Crippen LogP contribution in [0, 0.1) is 0 Å². The fourth-order valence-corrected chi connectivity index (χ4v) is 8.25. The van der Waals surface area contributed by atoms with Crippen molar-refractivity contribution >= 4 is 32.7 Å². The average Bonchev–Trinajstić information content (AvgIpc) is 3.71. The van der Waals surface area contributed by atoms with Crippen molar-refractivity contribution in [1.82, 2.24) is 15.0 Å². The lowest BCUT2D eigenvalue weighted by atomic mass is 9.92. The van der Waals surface area contributed by atoms with Crippen molar-refractivity contribution in [1.29, 1.82) is 0 Å². The molecule has 9 aromatic carbocycles. The third-order valence-electron chi connectivity index (χ3n) is 11.1. The number of hydrogen-bond acceptors (Lipinski definition) is 4. The summed E-state index contributed by atoms with van der Waals surface area (Å²) in [5.41, 5.74) is 13.4. The Balaban J connectivity index is 1.11. The van der Waals surface area contributed by atoms with Gasteiger partial charge in [0.1, 0.15) is 11.2 Å². The molecule has 0 spiro atoms. The summed E-state index contributed by atoms with van der Waals surface area (Å²) in [6.45, 7) is 0. The van der Waals surface area contributed by atoms with E-state index in [1.165, 1.54) is 21.9 Å². The van der Waals surface area contributed by atoms with Gasteiger partial charge in [-0.1, -0.05) is 164 Å². The molecule has 0 aliphatic heterocycles. The smallest absolute Gasteiger partial charge is 0.164 e. The zero-order valence-corrected chi connectivity index (χ0v) is 32.0. The quantitative estimate of drug-likeness (QED) is 0.163. The van der Waals surface area contributed by atoms with Crippen LogP contribution in [0.2, 0.25) is 0 Å². The molecular weight excluding hydrogens is 719 g/mol. The van der Waals surface area contributed by atoms with E-state index in [1.807, 2.05) is 42.5 Å². The molecule has 4 heteroatoms. The second kappa shape index (κ2) is 14.5. The topological polar surface area (TPSA) is 51.8 Å². The molecule has 0 N–H and O–H groups in total. The van der Waals surface area contributed by atoms with Gasteiger partial charge in [0, 0.05) is 27.5 Å². The lowest BCUT2D eigenvalue weighted by Gasteiger charge is -2.14. The number of benzene rings is 9. The number of rotatable bonds is 7. The maximum Gasteiger partial charge on any atom is 0.164 e. The van der Waals surface area contributed by atoms with Crippen LogP contribution in [0.15, 0.2) is 217 Å². The van der Waals surface area contributed by atoms with Crippen molar-refractivity contribution < 1.29 is 4.42 Å². The summed E-state index contributed by atoms with van der Waals surface area (Å²) in [7, 11) is 0. The normalized spacial score (nSPS) is 11.4. The predicted octanol–water partition coefficient (Wildman–Crippen LogP) is 14.6. The van der Waals surface area contributed by atoms with Gasteiger partial charge >= 0.3 is 0 Å². The van der Waals surface area contributed by atoms with E-state index >= 15 is 0 Å². The Morgan fingerprint density at radius 2 is 0.763 bits per heavy atom. The molecule has 59 heavy (non-hydrogen) atoms. The molecule has 11 aromatic rings. The van der Waals surface area contributed by atoms with Gasteiger partial charge in [0.05, 0.1) is 0 Å². The molecule has 11 rings (SSSR count). The summed E-state index contributed by atoms with van der Waals surface area (Å²) >= 11 is 0. The molecule has 4 nitrogen and oxygen atoms in total. The minimum absolute atomic E-state index is 0.596. The van der Waals surface area contributed by atoms with Crippen LogP contribution in [0.1, 0.15) is 0 Å². The third-order valence-corrected chi connectivity index (χ3v) is 11.1. The molecule has 276 valence electrons. The zero-order valence-electron chi connectivity index (χ0n) is 32.0. The standard InChI is InChI=1S/C55H35N3O/c1-4-16-36(17-5-1)42-32-44(47-27-15-29-51-52(47)48-26-12-13-28-50(48)59-51)34-45(33-42)55-57-53(38-20-8-3-9-21-38)56-54(58-55)41-24-14-23-40(30-41)49-35-43(37-18-6-2-7-19-37)31-39-22-10-11-25-46(39)49/h1-35H. The van der Waals surface area contributed by atoms with E-state index in [0.717, 1.165) is 72.0 Å². The molecular formula is C55H35N3O. The molecule has 0 amide bonds. The SMILES string of the molecule is c1ccc(-c2cc(-c3nc(-c4ccccc4)nc(-c4cccc(-c5cc(-c6ccccc6)cc6ccccc56)c4)n3)cc(-c3cccc4oc5ccccc5c34)c2)cc1. The summed E-state index contributed by atoms with van der Waals surface area (Å²) in [5.74, 6) is 1.81. The fraction of sp³-hybridized carbons (Fsp3) is 0. The van der Waals surface area contributed by atoms with Crippen LogP contribution in [0.3, 0.4) is 0 Å². The first-order valence-corrected chi connectivity index (χ1v) is 19.8. The molecule has 0 aliphatic carbocycles. The van der Waals surface area contributed by atoms with E-state index in [0.29, 0.717) is 17.5 Å². The van der Waals surface area contributed by atoms with Crippen LogP contribution in [-0.2, 0) is 0 Å². The Labute approximate surface area is 341 Å². The molecule has 0 radical (unpaired) electrons. The number of hydrogen-bond donors (Lipinski definition) is 0. The lowest BCUT2D eigenvalue weighted by molar-refractivity contribution is 0.669. The van der Waals surface area contributed by atoms with E-state index < -0.39 is 0 Å². The Morgan fingerprint density at radius 3 is 1.51 bits per heavy atom. The Bertz CT molecular complexity index is 3320. The number of para-hydroxylation sites is 1. The van der Waals surface area contributed by atoms with Crippen molar-refractivity contribution in [2.24, 2.45) is 0 Å². The predicted molar refractivity (Wildman–Crippen MR) is 243 cm³/mol. The van der Waals surface area contributed by atoms with E-state index in [1.54, 1.807) is 0 Å². The van der Waals surface area contributed by atoms with E-state index in [2.05, 4.69) is 170 Å². The minimum Gasteiger partial charge on any atom is -0.456 e. The van der Waals surface area contributed by atoms with Crippen molar-refractivity contribution in [2.75, 3.05) is 0 Å². The maximum atomic E-state index is 6.34. The number of fused-ring (bicyclic) bond motifs is 4. The highest BCUT2D eigenvalue weighted by molar-refractivity contribution is 6.12. The number of furan rings is 1. The molecule has 2 aromatic heterocycles. The first-order valence-electron chi connectivity index (χ1n) is 19.8. The highest BCUT2D eigenvalue weighted by Gasteiger charge is 2.18. The highest BCUT2D eigenvalue weighted by atomic mass is 16.3. The van der Waals surface area contributed by atoms with Gasteiger partial charge in [0.25, 0.3) is 0 Å². The Hall–Kier alpha value is -7.95. The first kappa shape index (κ1) is 34.3. The molecule has 0 aliphatic rings. The van der Waals surface area contributed by atoms with Crippen LogP contribution >= 0.6 is 0 Å². The summed E-state index contributed by atoms with van der Waals surface area (Å²) in [6, 6.07) is 74.1. The lowest BCUT2D eigenvalue weighted by Crippen LogP contribution is -2.01. The van der Waals surface area contributed by atoms with E-state index in [4.69, 9.17) is 19.4 Å². The maximum absolute atomic E-state index is 6.34. The van der Waals surface area contributed by atoms with Gasteiger partial charge < -0.3 is 4.42 Å². The molecule has 0 atom stereocenters.